The van der Waals surface area contributed by atoms with Crippen molar-refractivity contribution in [3.8, 4) is 11.1 Å². The van der Waals surface area contributed by atoms with Gasteiger partial charge >= 0.3 is 0 Å². The summed E-state index contributed by atoms with van der Waals surface area (Å²) in [5.41, 5.74) is 5.75. The van der Waals surface area contributed by atoms with E-state index in [4.69, 9.17) is 4.74 Å². The molecule has 1 aliphatic carbocycles. The smallest absolute Gasteiger partial charge is 0.0594 e. The Morgan fingerprint density at radius 2 is 1.30 bits per heavy atom. The lowest BCUT2D eigenvalue weighted by molar-refractivity contribution is 0.0503. The number of hydrogen-bond donors (Lipinski definition) is 0. The Hall–Kier alpha value is -1.64. The summed E-state index contributed by atoms with van der Waals surface area (Å²) in [6.07, 6.45) is 1.10. The summed E-state index contributed by atoms with van der Waals surface area (Å²) in [6.45, 7) is 4.02. The van der Waals surface area contributed by atoms with E-state index in [1.165, 1.54) is 22.3 Å². The number of benzene rings is 2. The van der Waals surface area contributed by atoms with E-state index in [1.54, 1.807) is 0 Å². The SMILES string of the molecule is CN1CCOCC1.c1ccc2c(c1)Cc1ccccc1-2. The molecule has 2 aliphatic rings. The van der Waals surface area contributed by atoms with Crippen molar-refractivity contribution in [2.75, 3.05) is 33.4 Å². The molecule has 1 heterocycles. The van der Waals surface area contributed by atoms with Gasteiger partial charge in [-0.05, 0) is 35.7 Å². The molecular formula is C18H21NO. The van der Waals surface area contributed by atoms with Crippen molar-refractivity contribution in [1.82, 2.24) is 4.90 Å². The molecule has 0 radical (unpaired) electrons. The first-order valence-corrected chi connectivity index (χ1v) is 7.27. The maximum absolute atomic E-state index is 5.10. The fraction of sp³-hybridized carbons (Fsp3) is 0.333. The summed E-state index contributed by atoms with van der Waals surface area (Å²) in [5.74, 6) is 0. The van der Waals surface area contributed by atoms with Crippen molar-refractivity contribution < 1.29 is 4.74 Å². The van der Waals surface area contributed by atoms with E-state index in [9.17, 15) is 0 Å². The van der Waals surface area contributed by atoms with Gasteiger partial charge in [-0.3, -0.25) is 0 Å². The van der Waals surface area contributed by atoms with Gasteiger partial charge in [-0.2, -0.15) is 0 Å². The Balaban J connectivity index is 0.000000147. The first kappa shape index (κ1) is 13.3. The molecule has 0 spiro atoms. The van der Waals surface area contributed by atoms with Crippen LogP contribution in [0, 0.1) is 0 Å². The Morgan fingerprint density at radius 3 is 1.75 bits per heavy atom. The van der Waals surface area contributed by atoms with Crippen molar-refractivity contribution in [2.24, 2.45) is 0 Å². The highest BCUT2D eigenvalue weighted by Gasteiger charge is 2.15. The van der Waals surface area contributed by atoms with Gasteiger partial charge in [-0.25, -0.2) is 0 Å². The fourth-order valence-electron chi connectivity index (χ4n) is 2.73. The Morgan fingerprint density at radius 1 is 0.800 bits per heavy atom. The van der Waals surface area contributed by atoms with Crippen LogP contribution in [0.3, 0.4) is 0 Å². The summed E-state index contributed by atoms with van der Waals surface area (Å²) in [5, 5.41) is 0. The molecule has 0 N–H and O–H groups in total. The first-order valence-electron chi connectivity index (χ1n) is 7.27. The number of nitrogens with zero attached hydrogens (tertiary/aromatic N) is 1. The van der Waals surface area contributed by atoms with E-state index in [-0.39, 0.29) is 0 Å². The normalized spacial score (nSPS) is 16.9. The van der Waals surface area contributed by atoms with Gasteiger partial charge in [0.15, 0.2) is 0 Å². The van der Waals surface area contributed by atoms with Crippen LogP contribution in [0.25, 0.3) is 11.1 Å². The molecule has 0 atom stereocenters. The second kappa shape index (κ2) is 6.21. The van der Waals surface area contributed by atoms with Crippen molar-refractivity contribution in [1.29, 1.82) is 0 Å². The van der Waals surface area contributed by atoms with Crippen molar-refractivity contribution in [2.45, 2.75) is 6.42 Å². The number of rotatable bonds is 0. The van der Waals surface area contributed by atoms with E-state index in [0.717, 1.165) is 32.7 Å². The minimum atomic E-state index is 0.913. The molecule has 2 aromatic rings. The zero-order chi connectivity index (χ0) is 13.8. The second-order valence-electron chi connectivity index (χ2n) is 5.41. The number of hydrogen-bond acceptors (Lipinski definition) is 2. The van der Waals surface area contributed by atoms with Gasteiger partial charge in [-0.15, -0.1) is 0 Å². The van der Waals surface area contributed by atoms with Crippen LogP contribution in [0.15, 0.2) is 48.5 Å². The summed E-state index contributed by atoms with van der Waals surface area (Å²) < 4.78 is 5.10. The number of fused-ring (bicyclic) bond motifs is 3. The summed E-state index contributed by atoms with van der Waals surface area (Å²) in [4.78, 5) is 2.27. The third-order valence-electron chi connectivity index (χ3n) is 3.94. The molecule has 0 bridgehead atoms. The summed E-state index contributed by atoms with van der Waals surface area (Å²) in [6, 6.07) is 17.3. The van der Waals surface area contributed by atoms with Gasteiger partial charge < -0.3 is 9.64 Å². The molecule has 20 heavy (non-hydrogen) atoms. The highest BCUT2D eigenvalue weighted by Crippen LogP contribution is 2.35. The molecule has 2 heteroatoms. The highest BCUT2D eigenvalue weighted by molar-refractivity contribution is 5.76. The first-order chi connectivity index (χ1) is 9.84. The van der Waals surface area contributed by atoms with Crippen LogP contribution in [0.5, 0.6) is 0 Å². The molecule has 1 saturated heterocycles. The highest BCUT2D eigenvalue weighted by atomic mass is 16.5. The van der Waals surface area contributed by atoms with Gasteiger partial charge in [0, 0.05) is 13.1 Å². The van der Waals surface area contributed by atoms with Gasteiger partial charge in [0.05, 0.1) is 13.2 Å². The Kier molecular flexibility index (Phi) is 4.14. The van der Waals surface area contributed by atoms with E-state index in [1.807, 2.05) is 0 Å². The molecule has 1 aliphatic heterocycles. The lowest BCUT2D eigenvalue weighted by atomic mass is 10.1. The predicted molar refractivity (Wildman–Crippen MR) is 83.0 cm³/mol. The van der Waals surface area contributed by atoms with Crippen molar-refractivity contribution >= 4 is 0 Å². The lowest BCUT2D eigenvalue weighted by Crippen LogP contribution is -2.32. The molecule has 0 amide bonds. The number of ether oxygens (including phenoxy) is 1. The lowest BCUT2D eigenvalue weighted by Gasteiger charge is -2.21. The molecule has 2 aromatic carbocycles. The van der Waals surface area contributed by atoms with Gasteiger partial charge in [0.2, 0.25) is 0 Å². The third-order valence-corrected chi connectivity index (χ3v) is 3.94. The summed E-state index contributed by atoms with van der Waals surface area (Å²) in [7, 11) is 2.11. The van der Waals surface area contributed by atoms with E-state index < -0.39 is 0 Å². The van der Waals surface area contributed by atoms with Gasteiger partial charge in [0.25, 0.3) is 0 Å². The zero-order valence-electron chi connectivity index (χ0n) is 12.0. The molecule has 104 valence electrons. The van der Waals surface area contributed by atoms with Crippen molar-refractivity contribution in [3.63, 3.8) is 0 Å². The third kappa shape index (κ3) is 2.92. The standard InChI is InChI=1S/C13H10.C5H11NO/c1-3-7-12-10(5-1)9-11-6-2-4-8-13(11)12;1-6-2-4-7-5-3-6/h1-8H,9H2;2-5H2,1H3. The maximum atomic E-state index is 5.10. The largest absolute Gasteiger partial charge is 0.379 e. The maximum Gasteiger partial charge on any atom is 0.0594 e. The zero-order valence-corrected chi connectivity index (χ0v) is 12.0. The van der Waals surface area contributed by atoms with E-state index >= 15 is 0 Å². The average Bonchev–Trinajstić information content (AvgIpc) is 2.87. The predicted octanol–water partition coefficient (Wildman–Crippen LogP) is 3.21. The molecule has 4 rings (SSSR count). The molecule has 2 nitrogen and oxygen atoms in total. The summed E-state index contributed by atoms with van der Waals surface area (Å²) >= 11 is 0. The molecule has 0 unspecified atom stereocenters. The van der Waals surface area contributed by atoms with Crippen LogP contribution in [-0.4, -0.2) is 38.3 Å². The van der Waals surface area contributed by atoms with Crippen LogP contribution < -0.4 is 0 Å². The minimum Gasteiger partial charge on any atom is -0.379 e. The quantitative estimate of drug-likeness (QED) is 0.620. The molecule has 0 saturated carbocycles. The monoisotopic (exact) mass is 267 g/mol. The van der Waals surface area contributed by atoms with Gasteiger partial charge in [-0.1, -0.05) is 48.5 Å². The topological polar surface area (TPSA) is 12.5 Å². The van der Waals surface area contributed by atoms with Crippen LogP contribution in [0.1, 0.15) is 11.1 Å². The Labute approximate surface area is 121 Å². The van der Waals surface area contributed by atoms with Crippen LogP contribution in [-0.2, 0) is 11.2 Å². The molecular weight excluding hydrogens is 246 g/mol. The minimum absolute atomic E-state index is 0.913. The molecule has 1 fully saturated rings. The second-order valence-corrected chi connectivity index (χ2v) is 5.41. The van der Waals surface area contributed by atoms with Crippen LogP contribution >= 0.6 is 0 Å². The van der Waals surface area contributed by atoms with Crippen LogP contribution in [0.4, 0.5) is 0 Å². The number of morpholine rings is 1. The van der Waals surface area contributed by atoms with Crippen LogP contribution in [0.2, 0.25) is 0 Å². The van der Waals surface area contributed by atoms with E-state index in [2.05, 4.69) is 60.5 Å². The van der Waals surface area contributed by atoms with E-state index in [0.29, 0.717) is 0 Å². The van der Waals surface area contributed by atoms with Gasteiger partial charge in [0.1, 0.15) is 0 Å². The number of likely N-dealkylation sites (N-methyl/N-ethyl adjacent to an activating group) is 1. The average molecular weight is 267 g/mol. The Bertz CT molecular complexity index is 530. The molecule has 0 aromatic heterocycles. The van der Waals surface area contributed by atoms with Crippen molar-refractivity contribution in [3.05, 3.63) is 59.7 Å². The fourth-order valence-corrected chi connectivity index (χ4v) is 2.73.